The van der Waals surface area contributed by atoms with E-state index in [1.54, 1.807) is 12.4 Å². The summed E-state index contributed by atoms with van der Waals surface area (Å²) in [5.41, 5.74) is 2.33. The molecule has 0 spiro atoms. The van der Waals surface area contributed by atoms with E-state index in [-0.39, 0.29) is 5.56 Å². The first-order valence-electron chi connectivity index (χ1n) is 7.84. The fourth-order valence-corrected chi connectivity index (χ4v) is 3.90. The van der Waals surface area contributed by atoms with E-state index in [0.29, 0.717) is 12.4 Å². The molecular formula is C17H17N5OS. The lowest BCUT2D eigenvalue weighted by Crippen LogP contribution is -2.35. The molecule has 1 N–H and O–H groups in total. The summed E-state index contributed by atoms with van der Waals surface area (Å²) in [6.45, 7) is 4.54. The van der Waals surface area contributed by atoms with E-state index < -0.39 is 0 Å². The summed E-state index contributed by atoms with van der Waals surface area (Å²) in [6.07, 6.45) is 5.56. The number of H-pyrrole nitrogens is 1. The molecule has 7 heteroatoms. The van der Waals surface area contributed by atoms with Gasteiger partial charge in [0.1, 0.15) is 12.2 Å². The van der Waals surface area contributed by atoms with E-state index in [9.17, 15) is 4.79 Å². The van der Waals surface area contributed by atoms with E-state index in [1.165, 1.54) is 16.1 Å². The molecule has 0 aromatic carbocycles. The summed E-state index contributed by atoms with van der Waals surface area (Å²) in [5.74, 6) is 0.543. The Morgan fingerprint density at radius 2 is 2.12 bits per heavy atom. The van der Waals surface area contributed by atoms with Crippen molar-refractivity contribution >= 4 is 11.3 Å². The molecule has 0 unspecified atom stereocenters. The Balaban J connectivity index is 1.59. The number of aryl methyl sites for hydroxylation is 1. The molecule has 4 rings (SSSR count). The highest BCUT2D eigenvalue weighted by molar-refractivity contribution is 7.11. The number of nitrogens with one attached hydrogen (secondary N) is 1. The molecule has 0 fully saturated rings. The van der Waals surface area contributed by atoms with E-state index in [2.05, 4.69) is 43.9 Å². The maximum Gasteiger partial charge on any atom is 0.255 e. The molecule has 122 valence electrons. The first-order chi connectivity index (χ1) is 11.7. The smallest absolute Gasteiger partial charge is 0.255 e. The summed E-state index contributed by atoms with van der Waals surface area (Å²) in [4.78, 5) is 32.9. The highest BCUT2D eigenvalue weighted by atomic mass is 32.1. The van der Waals surface area contributed by atoms with Crippen molar-refractivity contribution in [3.8, 4) is 11.4 Å². The van der Waals surface area contributed by atoms with Crippen LogP contribution in [0.5, 0.6) is 0 Å². The second kappa shape index (κ2) is 6.26. The fraction of sp³-hybridized carbons (Fsp3) is 0.294. The molecular weight excluding hydrogens is 322 g/mol. The number of thiophene rings is 1. The van der Waals surface area contributed by atoms with Gasteiger partial charge >= 0.3 is 0 Å². The van der Waals surface area contributed by atoms with E-state index in [4.69, 9.17) is 0 Å². The van der Waals surface area contributed by atoms with Gasteiger partial charge in [0.05, 0.1) is 16.8 Å². The minimum Gasteiger partial charge on any atom is -0.306 e. The Bertz CT molecular complexity index is 918. The lowest BCUT2D eigenvalue weighted by Gasteiger charge is -2.27. The van der Waals surface area contributed by atoms with Crippen LogP contribution in [0.2, 0.25) is 0 Å². The van der Waals surface area contributed by atoms with Crippen molar-refractivity contribution in [3.63, 3.8) is 0 Å². The topological polar surface area (TPSA) is 74.8 Å². The predicted octanol–water partition coefficient (Wildman–Crippen LogP) is 2.16. The van der Waals surface area contributed by atoms with Crippen LogP contribution in [-0.4, -0.2) is 31.4 Å². The molecule has 0 radical (unpaired) electrons. The van der Waals surface area contributed by atoms with Gasteiger partial charge in [0, 0.05) is 48.2 Å². The third kappa shape index (κ3) is 3.00. The van der Waals surface area contributed by atoms with Gasteiger partial charge in [-0.2, -0.15) is 0 Å². The van der Waals surface area contributed by atoms with E-state index in [0.717, 1.165) is 36.3 Å². The van der Waals surface area contributed by atoms with Gasteiger partial charge in [0.2, 0.25) is 0 Å². The monoisotopic (exact) mass is 339 g/mol. The highest BCUT2D eigenvalue weighted by Crippen LogP contribution is 2.22. The van der Waals surface area contributed by atoms with Gasteiger partial charge < -0.3 is 4.98 Å². The number of nitrogens with zero attached hydrogens (tertiary/aromatic N) is 4. The highest BCUT2D eigenvalue weighted by Gasteiger charge is 2.22. The lowest BCUT2D eigenvalue weighted by atomic mass is 10.1. The molecule has 0 amide bonds. The summed E-state index contributed by atoms with van der Waals surface area (Å²) in [6, 6.07) is 4.30. The molecule has 6 nitrogen and oxygen atoms in total. The second-order valence-electron chi connectivity index (χ2n) is 5.94. The number of aromatic amines is 1. The van der Waals surface area contributed by atoms with Gasteiger partial charge in [-0.05, 0) is 19.1 Å². The van der Waals surface area contributed by atoms with Crippen molar-refractivity contribution in [2.45, 2.75) is 26.4 Å². The quantitative estimate of drug-likeness (QED) is 0.791. The number of hydrogen-bond donors (Lipinski definition) is 1. The van der Waals surface area contributed by atoms with Gasteiger partial charge in [-0.25, -0.2) is 15.0 Å². The second-order valence-corrected chi connectivity index (χ2v) is 7.31. The molecule has 1 aliphatic rings. The van der Waals surface area contributed by atoms with Crippen LogP contribution in [0, 0.1) is 6.92 Å². The summed E-state index contributed by atoms with van der Waals surface area (Å²) in [7, 11) is 0. The number of aromatic nitrogens is 4. The SMILES string of the molecule is Cc1ccc(CN2CCc3nc(-c4cncnc4)[nH]c(=O)c3C2)s1. The molecule has 24 heavy (non-hydrogen) atoms. The zero-order valence-corrected chi connectivity index (χ0v) is 14.1. The van der Waals surface area contributed by atoms with E-state index >= 15 is 0 Å². The fourth-order valence-electron chi connectivity index (χ4n) is 2.96. The Kier molecular flexibility index (Phi) is 3.95. The number of hydrogen-bond acceptors (Lipinski definition) is 6. The Hall–Kier alpha value is -2.38. The van der Waals surface area contributed by atoms with Gasteiger partial charge in [-0.15, -0.1) is 11.3 Å². The average Bonchev–Trinajstić information content (AvgIpc) is 3.01. The first-order valence-corrected chi connectivity index (χ1v) is 8.66. The van der Waals surface area contributed by atoms with Crippen molar-refractivity contribution in [2.75, 3.05) is 6.54 Å². The first kappa shape index (κ1) is 15.2. The standard InChI is InChI=1S/C17H17N5OS/c1-11-2-3-13(24-11)8-22-5-4-15-14(9-22)17(23)21-16(20-15)12-6-18-10-19-7-12/h2-3,6-7,10H,4-5,8-9H2,1H3,(H,20,21,23). The predicted molar refractivity (Wildman–Crippen MR) is 92.8 cm³/mol. The normalized spacial score (nSPS) is 14.5. The molecule has 3 aromatic rings. The van der Waals surface area contributed by atoms with Crippen LogP contribution in [-0.2, 0) is 19.5 Å². The third-order valence-electron chi connectivity index (χ3n) is 4.16. The summed E-state index contributed by atoms with van der Waals surface area (Å²) >= 11 is 1.81. The average molecular weight is 339 g/mol. The molecule has 1 aliphatic heterocycles. The maximum atomic E-state index is 12.5. The molecule has 0 bridgehead atoms. The molecule has 4 heterocycles. The number of fused-ring (bicyclic) bond motifs is 1. The van der Waals surface area contributed by atoms with Crippen molar-refractivity contribution < 1.29 is 0 Å². The molecule has 0 saturated heterocycles. The Labute approximate surface area is 143 Å². The van der Waals surface area contributed by atoms with Gasteiger partial charge in [0.25, 0.3) is 5.56 Å². The van der Waals surface area contributed by atoms with Crippen molar-refractivity contribution in [1.29, 1.82) is 0 Å². The minimum absolute atomic E-state index is 0.0640. The molecule has 0 atom stereocenters. The van der Waals surface area contributed by atoms with Crippen LogP contribution in [0.15, 0.2) is 35.6 Å². The lowest BCUT2D eigenvalue weighted by molar-refractivity contribution is 0.244. The van der Waals surface area contributed by atoms with Gasteiger partial charge in [-0.1, -0.05) is 0 Å². The Morgan fingerprint density at radius 1 is 1.29 bits per heavy atom. The summed E-state index contributed by atoms with van der Waals surface area (Å²) < 4.78 is 0. The van der Waals surface area contributed by atoms with Crippen molar-refractivity contribution in [3.05, 3.63) is 62.2 Å². The van der Waals surface area contributed by atoms with Crippen LogP contribution in [0.1, 0.15) is 21.0 Å². The van der Waals surface area contributed by atoms with Crippen molar-refractivity contribution in [1.82, 2.24) is 24.8 Å². The molecule has 0 aliphatic carbocycles. The third-order valence-corrected chi connectivity index (χ3v) is 5.14. The minimum atomic E-state index is -0.0640. The molecule has 3 aromatic heterocycles. The van der Waals surface area contributed by atoms with Crippen molar-refractivity contribution in [2.24, 2.45) is 0 Å². The van der Waals surface area contributed by atoms with Crippen LogP contribution >= 0.6 is 11.3 Å². The van der Waals surface area contributed by atoms with Gasteiger partial charge in [0.15, 0.2) is 0 Å². The summed E-state index contributed by atoms with van der Waals surface area (Å²) in [5, 5.41) is 0. The van der Waals surface area contributed by atoms with Crippen LogP contribution in [0.25, 0.3) is 11.4 Å². The number of rotatable bonds is 3. The van der Waals surface area contributed by atoms with Crippen LogP contribution < -0.4 is 5.56 Å². The van der Waals surface area contributed by atoms with E-state index in [1.807, 2.05) is 11.3 Å². The van der Waals surface area contributed by atoms with Crippen LogP contribution in [0.4, 0.5) is 0 Å². The molecule has 0 saturated carbocycles. The maximum absolute atomic E-state index is 12.5. The van der Waals surface area contributed by atoms with Gasteiger partial charge in [-0.3, -0.25) is 9.69 Å². The zero-order valence-electron chi connectivity index (χ0n) is 13.3. The largest absolute Gasteiger partial charge is 0.306 e. The Morgan fingerprint density at radius 3 is 2.88 bits per heavy atom. The zero-order chi connectivity index (χ0) is 16.5. The van der Waals surface area contributed by atoms with Crippen LogP contribution in [0.3, 0.4) is 0 Å².